The molecule has 2 amide bonds. The Bertz CT molecular complexity index is 630. The summed E-state index contributed by atoms with van der Waals surface area (Å²) in [4.78, 5) is 18.5. The van der Waals surface area contributed by atoms with Crippen LogP contribution in [0.4, 0.5) is 10.5 Å². The van der Waals surface area contributed by atoms with E-state index in [1.807, 2.05) is 41.5 Å². The average Bonchev–Trinajstić information content (AvgIpc) is 2.96. The quantitative estimate of drug-likeness (QED) is 0.923. The van der Waals surface area contributed by atoms with E-state index in [9.17, 15) is 4.79 Å². The number of anilines is 1. The number of thiazole rings is 1. The standard InChI is InChI=1S/C16H19N3O2S/c1-12-9-19(6-3-7-21-12)16(20)18-14-5-2-4-13(8-14)15-10-22-11-17-15/h2,4-5,8,10-12H,3,6-7,9H2,1H3,(H,18,20)/t12-/m1/s1. The van der Waals surface area contributed by atoms with Gasteiger partial charge in [0.2, 0.25) is 0 Å². The predicted octanol–water partition coefficient (Wildman–Crippen LogP) is 3.45. The Morgan fingerprint density at radius 1 is 1.50 bits per heavy atom. The maximum atomic E-state index is 12.4. The monoisotopic (exact) mass is 317 g/mol. The van der Waals surface area contributed by atoms with E-state index in [0.29, 0.717) is 13.2 Å². The molecule has 1 aliphatic heterocycles. The molecule has 1 saturated heterocycles. The van der Waals surface area contributed by atoms with E-state index in [2.05, 4.69) is 10.3 Å². The minimum absolute atomic E-state index is 0.0761. The second kappa shape index (κ2) is 6.89. The first-order valence-corrected chi connectivity index (χ1v) is 8.33. The number of benzene rings is 1. The average molecular weight is 317 g/mol. The Morgan fingerprint density at radius 3 is 3.23 bits per heavy atom. The van der Waals surface area contributed by atoms with Gasteiger partial charge in [-0.3, -0.25) is 0 Å². The Balaban J connectivity index is 1.70. The second-order valence-corrected chi connectivity index (χ2v) is 6.08. The molecular weight excluding hydrogens is 298 g/mol. The van der Waals surface area contributed by atoms with Gasteiger partial charge in [-0.25, -0.2) is 9.78 Å². The third-order valence-electron chi connectivity index (χ3n) is 3.58. The van der Waals surface area contributed by atoms with Gasteiger partial charge in [-0.2, -0.15) is 0 Å². The highest BCUT2D eigenvalue weighted by atomic mass is 32.1. The molecule has 0 aliphatic carbocycles. The fourth-order valence-electron chi connectivity index (χ4n) is 2.49. The van der Waals surface area contributed by atoms with Gasteiger partial charge in [0.1, 0.15) is 0 Å². The molecule has 22 heavy (non-hydrogen) atoms. The minimum Gasteiger partial charge on any atom is -0.377 e. The van der Waals surface area contributed by atoms with Gasteiger partial charge in [0.05, 0.1) is 17.3 Å². The number of nitrogens with one attached hydrogen (secondary N) is 1. The van der Waals surface area contributed by atoms with Crippen LogP contribution in [-0.2, 0) is 4.74 Å². The highest BCUT2D eigenvalue weighted by molar-refractivity contribution is 7.07. The third-order valence-corrected chi connectivity index (χ3v) is 4.17. The third kappa shape index (κ3) is 3.64. The van der Waals surface area contributed by atoms with Crippen LogP contribution in [0, 0.1) is 0 Å². The Morgan fingerprint density at radius 2 is 2.41 bits per heavy atom. The van der Waals surface area contributed by atoms with E-state index < -0.39 is 0 Å². The summed E-state index contributed by atoms with van der Waals surface area (Å²) < 4.78 is 5.57. The van der Waals surface area contributed by atoms with Crippen molar-refractivity contribution in [2.75, 3.05) is 25.0 Å². The van der Waals surface area contributed by atoms with Crippen LogP contribution < -0.4 is 5.32 Å². The Kier molecular flexibility index (Phi) is 4.70. The molecule has 1 aromatic heterocycles. The largest absolute Gasteiger partial charge is 0.377 e. The molecular formula is C16H19N3O2S. The zero-order chi connectivity index (χ0) is 15.4. The minimum atomic E-state index is -0.0761. The maximum absolute atomic E-state index is 12.4. The Hall–Kier alpha value is -1.92. The number of ether oxygens (including phenoxy) is 1. The number of nitrogens with zero attached hydrogens (tertiary/aromatic N) is 2. The first-order chi connectivity index (χ1) is 10.7. The first-order valence-electron chi connectivity index (χ1n) is 7.38. The van der Waals surface area contributed by atoms with Crippen molar-refractivity contribution in [3.05, 3.63) is 35.2 Å². The lowest BCUT2D eigenvalue weighted by atomic mass is 10.1. The smallest absolute Gasteiger partial charge is 0.321 e. The molecule has 2 aromatic rings. The molecule has 116 valence electrons. The van der Waals surface area contributed by atoms with Crippen LogP contribution in [0.5, 0.6) is 0 Å². The van der Waals surface area contributed by atoms with E-state index in [-0.39, 0.29) is 12.1 Å². The number of aromatic nitrogens is 1. The van der Waals surface area contributed by atoms with E-state index in [1.54, 1.807) is 16.8 Å². The zero-order valence-electron chi connectivity index (χ0n) is 12.5. The molecule has 0 radical (unpaired) electrons. The number of hydrogen-bond donors (Lipinski definition) is 1. The van der Waals surface area contributed by atoms with Gasteiger partial charge < -0.3 is 15.0 Å². The molecule has 3 rings (SSSR count). The number of urea groups is 1. The topological polar surface area (TPSA) is 54.5 Å². The van der Waals surface area contributed by atoms with Crippen molar-refractivity contribution in [1.82, 2.24) is 9.88 Å². The fourth-order valence-corrected chi connectivity index (χ4v) is 3.05. The van der Waals surface area contributed by atoms with Gasteiger partial charge in [0.15, 0.2) is 0 Å². The SMILES string of the molecule is C[C@@H]1CN(C(=O)Nc2cccc(-c3cscn3)c2)CCCO1. The summed E-state index contributed by atoms with van der Waals surface area (Å²) in [7, 11) is 0. The number of carbonyl (C=O) groups is 1. The molecule has 1 atom stereocenters. The lowest BCUT2D eigenvalue weighted by Gasteiger charge is -2.22. The van der Waals surface area contributed by atoms with Gasteiger partial charge in [0, 0.05) is 36.3 Å². The lowest BCUT2D eigenvalue weighted by molar-refractivity contribution is 0.0718. The molecule has 1 fully saturated rings. The number of hydrogen-bond acceptors (Lipinski definition) is 4. The van der Waals surface area contributed by atoms with Crippen LogP contribution in [0.3, 0.4) is 0 Å². The van der Waals surface area contributed by atoms with Crippen LogP contribution >= 0.6 is 11.3 Å². The Labute approximate surface area is 133 Å². The van der Waals surface area contributed by atoms with Crippen LogP contribution in [0.15, 0.2) is 35.2 Å². The molecule has 1 N–H and O–H groups in total. The maximum Gasteiger partial charge on any atom is 0.321 e. The van der Waals surface area contributed by atoms with Gasteiger partial charge >= 0.3 is 6.03 Å². The molecule has 2 heterocycles. The van der Waals surface area contributed by atoms with E-state index >= 15 is 0 Å². The molecule has 1 aliphatic rings. The van der Waals surface area contributed by atoms with Crippen molar-refractivity contribution in [3.63, 3.8) is 0 Å². The summed E-state index contributed by atoms with van der Waals surface area (Å²) in [5.41, 5.74) is 4.52. The van der Waals surface area contributed by atoms with Crippen molar-refractivity contribution in [3.8, 4) is 11.3 Å². The zero-order valence-corrected chi connectivity index (χ0v) is 13.3. The van der Waals surface area contributed by atoms with Gasteiger partial charge in [-0.15, -0.1) is 11.3 Å². The second-order valence-electron chi connectivity index (χ2n) is 5.37. The molecule has 0 unspecified atom stereocenters. The highest BCUT2D eigenvalue weighted by Gasteiger charge is 2.19. The van der Waals surface area contributed by atoms with E-state index in [4.69, 9.17) is 4.74 Å². The van der Waals surface area contributed by atoms with Crippen LogP contribution in [0.2, 0.25) is 0 Å². The summed E-state index contributed by atoms with van der Waals surface area (Å²) >= 11 is 1.56. The summed E-state index contributed by atoms with van der Waals surface area (Å²) in [6, 6.07) is 7.69. The molecule has 0 bridgehead atoms. The lowest BCUT2D eigenvalue weighted by Crippen LogP contribution is -2.38. The summed E-state index contributed by atoms with van der Waals surface area (Å²) in [5.74, 6) is 0. The molecule has 6 heteroatoms. The van der Waals surface area contributed by atoms with Crippen LogP contribution in [0.25, 0.3) is 11.3 Å². The van der Waals surface area contributed by atoms with Gasteiger partial charge in [-0.05, 0) is 25.5 Å². The van der Waals surface area contributed by atoms with Crippen LogP contribution in [0.1, 0.15) is 13.3 Å². The molecule has 1 aromatic carbocycles. The number of rotatable bonds is 2. The van der Waals surface area contributed by atoms with Gasteiger partial charge in [-0.1, -0.05) is 12.1 Å². The molecule has 5 nitrogen and oxygen atoms in total. The predicted molar refractivity (Wildman–Crippen MR) is 88.2 cm³/mol. The van der Waals surface area contributed by atoms with Gasteiger partial charge in [0.25, 0.3) is 0 Å². The van der Waals surface area contributed by atoms with E-state index in [1.165, 1.54) is 0 Å². The summed E-state index contributed by atoms with van der Waals surface area (Å²) in [5, 5.41) is 4.96. The van der Waals surface area contributed by atoms with Crippen molar-refractivity contribution in [1.29, 1.82) is 0 Å². The van der Waals surface area contributed by atoms with Crippen molar-refractivity contribution in [2.45, 2.75) is 19.4 Å². The fraction of sp³-hybridized carbons (Fsp3) is 0.375. The molecule has 0 saturated carbocycles. The van der Waals surface area contributed by atoms with Crippen molar-refractivity contribution < 1.29 is 9.53 Å². The normalized spacial score (nSPS) is 18.8. The summed E-state index contributed by atoms with van der Waals surface area (Å²) in [6.45, 7) is 4.05. The summed E-state index contributed by atoms with van der Waals surface area (Å²) in [6.07, 6.45) is 0.950. The van der Waals surface area contributed by atoms with Crippen molar-refractivity contribution in [2.24, 2.45) is 0 Å². The van der Waals surface area contributed by atoms with E-state index in [0.717, 1.165) is 29.9 Å². The first kappa shape index (κ1) is 15.0. The van der Waals surface area contributed by atoms with Crippen molar-refractivity contribution >= 4 is 23.1 Å². The number of carbonyl (C=O) groups excluding carboxylic acids is 1. The molecule has 0 spiro atoms. The number of amides is 2. The van der Waals surface area contributed by atoms with Crippen LogP contribution in [-0.4, -0.2) is 41.7 Å². The highest BCUT2D eigenvalue weighted by Crippen LogP contribution is 2.22.